The maximum absolute atomic E-state index is 5.66. The molecule has 1 aromatic heterocycles. The van der Waals surface area contributed by atoms with Crippen LogP contribution < -0.4 is 9.47 Å². The topological polar surface area (TPSA) is 36.3 Å². The molecule has 0 saturated heterocycles. The van der Waals surface area contributed by atoms with E-state index in [-0.39, 0.29) is 0 Å². The van der Waals surface area contributed by atoms with Gasteiger partial charge in [0.25, 0.3) is 0 Å². The van der Waals surface area contributed by atoms with Crippen molar-refractivity contribution >= 4 is 64.4 Å². The monoisotopic (exact) mass is 524 g/mol. The van der Waals surface area contributed by atoms with Crippen LogP contribution in [0.5, 0.6) is 11.5 Å². The molecule has 4 nitrogen and oxygen atoms in total. The molecule has 1 heterocycles. The second-order valence-electron chi connectivity index (χ2n) is 7.14. The molecule has 0 fully saturated rings. The van der Waals surface area contributed by atoms with Gasteiger partial charge in [-0.3, -0.25) is 0 Å². The van der Waals surface area contributed by atoms with E-state index in [1.165, 1.54) is 10.8 Å². The number of hydrogen-bond donors (Lipinski definition) is 0. The Bertz CT molecular complexity index is 1460. The van der Waals surface area contributed by atoms with Crippen molar-refractivity contribution in [3.63, 3.8) is 0 Å². The molecule has 4 aromatic carbocycles. The van der Waals surface area contributed by atoms with E-state index in [0.717, 1.165) is 53.6 Å². The van der Waals surface area contributed by atoms with Crippen molar-refractivity contribution in [1.82, 2.24) is 9.55 Å². The Hall–Kier alpha value is -2.57. The predicted molar refractivity (Wildman–Crippen MR) is 130 cm³/mol. The van der Waals surface area contributed by atoms with E-state index in [4.69, 9.17) is 14.5 Å². The Balaban J connectivity index is 1.95. The van der Waals surface area contributed by atoms with Crippen LogP contribution in [0, 0.1) is 0 Å². The SMILES string of the molecule is COc1ccc(-c2nc3c4cc(Br)ccc4c4ccc(Br)cc4c3n2C)c(OC)c1. The highest BCUT2D eigenvalue weighted by atomic mass is 79.9. The maximum Gasteiger partial charge on any atom is 0.144 e. The van der Waals surface area contributed by atoms with Crippen molar-refractivity contribution in [3.8, 4) is 22.9 Å². The first kappa shape index (κ1) is 19.4. The summed E-state index contributed by atoms with van der Waals surface area (Å²) in [4.78, 5) is 5.10. The van der Waals surface area contributed by atoms with Gasteiger partial charge in [-0.1, -0.05) is 44.0 Å². The first-order valence-corrected chi connectivity index (χ1v) is 11.0. The number of rotatable bonds is 3. The number of aromatic nitrogens is 2. The van der Waals surface area contributed by atoms with E-state index < -0.39 is 0 Å². The van der Waals surface area contributed by atoms with Crippen molar-refractivity contribution in [2.24, 2.45) is 7.05 Å². The zero-order valence-electron chi connectivity index (χ0n) is 16.7. The summed E-state index contributed by atoms with van der Waals surface area (Å²) < 4.78 is 15.2. The van der Waals surface area contributed by atoms with Crippen LogP contribution in [0.3, 0.4) is 0 Å². The second-order valence-corrected chi connectivity index (χ2v) is 8.97. The molecule has 0 saturated carbocycles. The summed E-state index contributed by atoms with van der Waals surface area (Å²) in [5.41, 5.74) is 2.97. The van der Waals surface area contributed by atoms with Crippen LogP contribution in [0.25, 0.3) is 44.0 Å². The number of methoxy groups -OCH3 is 2. The molecule has 0 aliphatic carbocycles. The van der Waals surface area contributed by atoms with Gasteiger partial charge < -0.3 is 14.0 Å². The highest BCUT2D eigenvalue weighted by Crippen LogP contribution is 2.40. The Kier molecular flexibility index (Phi) is 4.71. The molecule has 6 heteroatoms. The summed E-state index contributed by atoms with van der Waals surface area (Å²) in [6.45, 7) is 0. The quantitative estimate of drug-likeness (QED) is 0.236. The van der Waals surface area contributed by atoms with Gasteiger partial charge in [0.2, 0.25) is 0 Å². The third kappa shape index (κ3) is 2.89. The molecule has 5 aromatic rings. The summed E-state index contributed by atoms with van der Waals surface area (Å²) in [6, 6.07) is 18.6. The summed E-state index contributed by atoms with van der Waals surface area (Å²) in [7, 11) is 5.37. The lowest BCUT2D eigenvalue weighted by molar-refractivity contribution is 0.395. The van der Waals surface area contributed by atoms with Gasteiger partial charge in [-0.15, -0.1) is 0 Å². The molecule has 0 unspecified atom stereocenters. The van der Waals surface area contributed by atoms with E-state index in [1.54, 1.807) is 14.2 Å². The fraction of sp³-hybridized carbons (Fsp3) is 0.125. The molecule has 0 aliphatic rings. The minimum absolute atomic E-state index is 0.726. The standard InChI is InChI=1S/C24H18Br2N2O2/c1-28-23-20-11-14(26)5-8-17(20)16-7-4-13(25)10-19(16)22(23)27-24(28)18-9-6-15(29-2)12-21(18)30-3/h4-12H,1-3H3. The van der Waals surface area contributed by atoms with E-state index in [2.05, 4.69) is 79.9 Å². The number of imidazole rings is 1. The Morgan fingerprint density at radius 1 is 0.767 bits per heavy atom. The number of aryl methyl sites for hydroxylation is 1. The Morgan fingerprint density at radius 2 is 1.43 bits per heavy atom. The average molecular weight is 526 g/mol. The molecule has 5 rings (SSSR count). The number of halogens is 2. The van der Waals surface area contributed by atoms with Crippen LogP contribution in [0.2, 0.25) is 0 Å². The Labute approximate surface area is 190 Å². The van der Waals surface area contributed by atoms with Crippen molar-refractivity contribution < 1.29 is 9.47 Å². The van der Waals surface area contributed by atoms with Gasteiger partial charge in [0.15, 0.2) is 0 Å². The zero-order valence-corrected chi connectivity index (χ0v) is 19.8. The second kappa shape index (κ2) is 7.29. The number of hydrogen-bond acceptors (Lipinski definition) is 3. The first-order valence-electron chi connectivity index (χ1n) is 9.41. The lowest BCUT2D eigenvalue weighted by atomic mass is 10.00. The van der Waals surface area contributed by atoms with Crippen molar-refractivity contribution in [1.29, 1.82) is 0 Å². The minimum Gasteiger partial charge on any atom is -0.497 e. The third-order valence-corrected chi connectivity index (χ3v) is 6.49. The van der Waals surface area contributed by atoms with Gasteiger partial charge in [-0.05, 0) is 47.2 Å². The molecule has 0 spiro atoms. The third-order valence-electron chi connectivity index (χ3n) is 5.51. The van der Waals surface area contributed by atoms with Gasteiger partial charge in [0.1, 0.15) is 17.3 Å². The van der Waals surface area contributed by atoms with E-state index in [9.17, 15) is 0 Å². The molecule has 0 N–H and O–H groups in total. The summed E-state index contributed by atoms with van der Waals surface area (Å²) in [5.74, 6) is 2.32. The van der Waals surface area contributed by atoms with Crippen LogP contribution in [0.4, 0.5) is 0 Å². The largest absolute Gasteiger partial charge is 0.497 e. The highest BCUT2D eigenvalue weighted by Gasteiger charge is 2.19. The normalized spacial score (nSPS) is 11.5. The molecule has 0 aliphatic heterocycles. The Morgan fingerprint density at radius 3 is 2.10 bits per heavy atom. The van der Waals surface area contributed by atoms with Crippen molar-refractivity contribution in [2.75, 3.05) is 14.2 Å². The summed E-state index contributed by atoms with van der Waals surface area (Å²) in [5, 5.41) is 4.65. The van der Waals surface area contributed by atoms with Crippen LogP contribution >= 0.6 is 31.9 Å². The molecule has 30 heavy (non-hydrogen) atoms. The van der Waals surface area contributed by atoms with Crippen LogP contribution in [0.15, 0.2) is 63.5 Å². The molecule has 0 atom stereocenters. The van der Waals surface area contributed by atoms with E-state index in [0.29, 0.717) is 0 Å². The summed E-state index contributed by atoms with van der Waals surface area (Å²) >= 11 is 7.26. The van der Waals surface area contributed by atoms with Gasteiger partial charge in [0.05, 0.1) is 30.8 Å². The smallest absolute Gasteiger partial charge is 0.144 e. The van der Waals surface area contributed by atoms with Gasteiger partial charge in [0, 0.05) is 32.8 Å². The molecule has 0 bridgehead atoms. The van der Waals surface area contributed by atoms with E-state index in [1.807, 2.05) is 18.2 Å². The highest BCUT2D eigenvalue weighted by molar-refractivity contribution is 9.10. The number of fused-ring (bicyclic) bond motifs is 6. The zero-order chi connectivity index (χ0) is 21.0. The molecular weight excluding hydrogens is 508 g/mol. The van der Waals surface area contributed by atoms with Crippen molar-refractivity contribution in [3.05, 3.63) is 63.5 Å². The molecule has 0 amide bonds. The lowest BCUT2D eigenvalue weighted by Gasteiger charge is -2.11. The van der Waals surface area contributed by atoms with Crippen LogP contribution in [-0.2, 0) is 7.05 Å². The lowest BCUT2D eigenvalue weighted by Crippen LogP contribution is -1.96. The van der Waals surface area contributed by atoms with Gasteiger partial charge in [-0.2, -0.15) is 0 Å². The van der Waals surface area contributed by atoms with Crippen molar-refractivity contribution in [2.45, 2.75) is 0 Å². The van der Waals surface area contributed by atoms with Gasteiger partial charge >= 0.3 is 0 Å². The van der Waals surface area contributed by atoms with Crippen LogP contribution in [0.1, 0.15) is 0 Å². The molecule has 0 radical (unpaired) electrons. The number of benzene rings is 4. The molecular formula is C24H18Br2N2O2. The average Bonchev–Trinajstić information content (AvgIpc) is 3.10. The number of nitrogens with zero attached hydrogens (tertiary/aromatic N) is 2. The fourth-order valence-electron chi connectivity index (χ4n) is 4.11. The maximum atomic E-state index is 5.66. The number of ether oxygens (including phenoxy) is 2. The summed E-state index contributed by atoms with van der Waals surface area (Å²) in [6.07, 6.45) is 0. The predicted octanol–water partition coefficient (Wildman–Crippen LogP) is 7.09. The minimum atomic E-state index is 0.726. The van der Waals surface area contributed by atoms with Crippen LogP contribution in [-0.4, -0.2) is 23.8 Å². The molecule has 150 valence electrons. The van der Waals surface area contributed by atoms with Gasteiger partial charge in [-0.25, -0.2) is 4.98 Å². The first-order chi connectivity index (χ1) is 14.5. The fourth-order valence-corrected chi connectivity index (χ4v) is 4.84. The van der Waals surface area contributed by atoms with E-state index >= 15 is 0 Å².